The number of likely N-dealkylation sites (tertiary alicyclic amines) is 1. The number of ether oxygens (including phenoxy) is 2. The fourth-order valence-electron chi connectivity index (χ4n) is 9.26. The summed E-state index contributed by atoms with van der Waals surface area (Å²) in [5, 5.41) is 15.6. The van der Waals surface area contributed by atoms with Crippen LogP contribution in [0.4, 0.5) is 0 Å². The Morgan fingerprint density at radius 1 is 0.833 bits per heavy atom. The van der Waals surface area contributed by atoms with Crippen LogP contribution in [0.5, 0.6) is 0 Å². The molecule has 66 heavy (non-hydrogen) atoms. The van der Waals surface area contributed by atoms with Gasteiger partial charge in [0.05, 0.1) is 36.6 Å². The van der Waals surface area contributed by atoms with Gasteiger partial charge in [0.25, 0.3) is 11.8 Å². The first-order valence-electron chi connectivity index (χ1n) is 23.5. The van der Waals surface area contributed by atoms with Crippen molar-refractivity contribution in [2.75, 3.05) is 41.4 Å². The lowest BCUT2D eigenvalue weighted by molar-refractivity contribution is -0.149. The number of methoxy groups -OCH3 is 2. The maximum Gasteiger partial charge on any atom is 0.326 e. The Hall–Kier alpha value is -5.16. The van der Waals surface area contributed by atoms with Crippen LogP contribution in [0.3, 0.4) is 0 Å². The van der Waals surface area contributed by atoms with E-state index in [1.54, 1.807) is 55.1 Å². The van der Waals surface area contributed by atoms with Crippen LogP contribution < -0.4 is 10.6 Å². The number of unbranched alkanes of at least 4 members (excludes halogenated alkanes) is 2. The molecule has 0 bridgehead atoms. The van der Waals surface area contributed by atoms with Gasteiger partial charge in [-0.25, -0.2) is 4.79 Å². The van der Waals surface area contributed by atoms with Gasteiger partial charge in [-0.15, -0.1) is 0 Å². The lowest BCUT2D eigenvalue weighted by Crippen LogP contribution is -2.60. The van der Waals surface area contributed by atoms with E-state index >= 15 is 0 Å². The zero-order valence-electron chi connectivity index (χ0n) is 41.0. The molecule has 3 rings (SSSR count). The second-order valence-electron chi connectivity index (χ2n) is 18.6. The second-order valence-corrected chi connectivity index (χ2v) is 18.6. The van der Waals surface area contributed by atoms with Crippen LogP contribution >= 0.6 is 0 Å². The third kappa shape index (κ3) is 14.7. The normalized spacial score (nSPS) is 18.7. The SMILES string of the molecule is CCC(C)[C@@H](C(CC(=O)N1CCC[C@H]1C(OC)C(C)C(=O)NC(Cc1ccccc1)C(=O)O)OC)N(C)C(=O)C(NC(=O)C(C(C)C)N(C)C(=O)CCCCCN1C(=O)C=CC1=O)C(C)C. The monoisotopic (exact) mass is 925 g/mol. The van der Waals surface area contributed by atoms with Crippen LogP contribution in [0.2, 0.25) is 0 Å². The summed E-state index contributed by atoms with van der Waals surface area (Å²) in [6.07, 6.45) is 4.72. The Labute approximate surface area is 391 Å². The number of hydrogen-bond donors (Lipinski definition) is 3. The molecule has 9 atom stereocenters. The van der Waals surface area contributed by atoms with E-state index in [9.17, 15) is 43.5 Å². The van der Waals surface area contributed by atoms with Gasteiger partial charge in [0.1, 0.15) is 18.1 Å². The Bertz CT molecular complexity index is 1840. The molecule has 0 aromatic heterocycles. The van der Waals surface area contributed by atoms with E-state index in [1.807, 2.05) is 47.6 Å². The molecule has 368 valence electrons. The minimum Gasteiger partial charge on any atom is -0.480 e. The zero-order valence-corrected chi connectivity index (χ0v) is 41.0. The smallest absolute Gasteiger partial charge is 0.326 e. The molecule has 0 saturated carbocycles. The molecule has 0 radical (unpaired) electrons. The number of rotatable bonds is 27. The quantitative estimate of drug-likeness (QED) is 0.0853. The van der Waals surface area contributed by atoms with Crippen LogP contribution in [-0.2, 0) is 54.3 Å². The van der Waals surface area contributed by atoms with Crippen molar-refractivity contribution in [3.63, 3.8) is 0 Å². The fourth-order valence-corrected chi connectivity index (χ4v) is 9.26. The maximum atomic E-state index is 14.6. The summed E-state index contributed by atoms with van der Waals surface area (Å²) < 4.78 is 11.9. The van der Waals surface area contributed by atoms with E-state index in [1.165, 1.54) is 36.2 Å². The number of imide groups is 1. The van der Waals surface area contributed by atoms with Crippen molar-refractivity contribution in [2.45, 2.75) is 149 Å². The molecule has 2 heterocycles. The first-order chi connectivity index (χ1) is 31.2. The molecule has 3 N–H and O–H groups in total. The van der Waals surface area contributed by atoms with Crippen molar-refractivity contribution in [3.8, 4) is 0 Å². The molecule has 7 amide bonds. The molecular formula is C49H76N6O11. The number of aliphatic carboxylic acids is 1. The average Bonchev–Trinajstić information content (AvgIpc) is 3.89. The largest absolute Gasteiger partial charge is 0.480 e. The Morgan fingerprint density at radius 3 is 2.02 bits per heavy atom. The summed E-state index contributed by atoms with van der Waals surface area (Å²) in [5.74, 6) is -5.24. The average molecular weight is 925 g/mol. The minimum atomic E-state index is -1.16. The Balaban J connectivity index is 1.71. The number of nitrogens with one attached hydrogen (secondary N) is 2. The van der Waals surface area contributed by atoms with Crippen LogP contribution in [0, 0.1) is 23.7 Å². The van der Waals surface area contributed by atoms with Crippen molar-refractivity contribution >= 4 is 47.3 Å². The number of likely N-dealkylation sites (N-methyl/N-ethyl adjacent to an activating group) is 2. The molecule has 0 spiro atoms. The van der Waals surface area contributed by atoms with E-state index in [0.29, 0.717) is 45.1 Å². The molecule has 1 saturated heterocycles. The van der Waals surface area contributed by atoms with Crippen LogP contribution in [0.1, 0.15) is 105 Å². The van der Waals surface area contributed by atoms with Crippen molar-refractivity contribution in [1.82, 2.24) is 30.2 Å². The zero-order chi connectivity index (χ0) is 49.4. The fraction of sp³-hybridized carbons (Fsp3) is 0.673. The van der Waals surface area contributed by atoms with E-state index in [-0.39, 0.29) is 73.1 Å². The standard InChI is InChI=1S/C49H76N6O11/c1-12-32(6)44(37(65-10)29-41(59)54-27-19-22-36(54)45(66-11)33(7)46(60)50-35(49(63)64)28-34-20-15-13-16-21-34)53(9)48(62)42(30(2)3)51-47(61)43(31(4)5)52(8)38(56)23-17-14-18-26-55-39(57)24-25-40(55)58/h13,15-16,20-21,24-25,30-33,35-37,42-45H,12,14,17-19,22-23,26-29H2,1-11H3,(H,50,60)(H,51,61)(H,63,64)/t32?,33?,35?,36-,37?,42?,43?,44-,45?/m0/s1. The third-order valence-electron chi connectivity index (χ3n) is 13.3. The number of amides is 7. The molecular weight excluding hydrogens is 849 g/mol. The molecule has 0 aliphatic carbocycles. The molecule has 1 aromatic rings. The summed E-state index contributed by atoms with van der Waals surface area (Å²) in [5.41, 5.74) is 0.762. The number of carboxylic acid groups (broad SMARTS) is 1. The molecule has 2 aliphatic rings. The summed E-state index contributed by atoms with van der Waals surface area (Å²) in [6.45, 7) is 13.6. The number of carboxylic acids is 1. The molecule has 1 aromatic carbocycles. The number of hydrogen-bond acceptors (Lipinski definition) is 10. The van der Waals surface area contributed by atoms with Crippen molar-refractivity contribution in [1.29, 1.82) is 0 Å². The van der Waals surface area contributed by atoms with Gasteiger partial charge in [-0.2, -0.15) is 0 Å². The van der Waals surface area contributed by atoms with Gasteiger partial charge < -0.3 is 39.9 Å². The van der Waals surface area contributed by atoms with Gasteiger partial charge in [0.15, 0.2) is 0 Å². The lowest BCUT2D eigenvalue weighted by Gasteiger charge is -2.41. The minimum absolute atomic E-state index is 0.0818. The molecule has 2 aliphatic heterocycles. The predicted octanol–water partition coefficient (Wildman–Crippen LogP) is 3.83. The Morgan fingerprint density at radius 2 is 1.47 bits per heavy atom. The summed E-state index contributed by atoms with van der Waals surface area (Å²) >= 11 is 0. The van der Waals surface area contributed by atoms with Gasteiger partial charge in [0, 0.05) is 66.4 Å². The maximum absolute atomic E-state index is 14.6. The highest BCUT2D eigenvalue weighted by Crippen LogP contribution is 2.30. The number of nitrogens with zero attached hydrogens (tertiary/aromatic N) is 4. The van der Waals surface area contributed by atoms with E-state index in [0.717, 1.165) is 5.56 Å². The van der Waals surface area contributed by atoms with Crippen LogP contribution in [0.25, 0.3) is 0 Å². The summed E-state index contributed by atoms with van der Waals surface area (Å²) in [6, 6.07) is 4.97. The van der Waals surface area contributed by atoms with E-state index < -0.39 is 66.1 Å². The summed E-state index contributed by atoms with van der Waals surface area (Å²) in [4.78, 5) is 112. The highest BCUT2D eigenvalue weighted by atomic mass is 16.5. The summed E-state index contributed by atoms with van der Waals surface area (Å²) in [7, 11) is 6.21. The highest BCUT2D eigenvalue weighted by molar-refractivity contribution is 6.12. The first kappa shape index (κ1) is 55.2. The number of carbonyl (C=O) groups excluding carboxylic acids is 7. The first-order valence-corrected chi connectivity index (χ1v) is 23.5. The molecule has 1 fully saturated rings. The van der Waals surface area contributed by atoms with E-state index in [2.05, 4.69) is 10.6 Å². The van der Waals surface area contributed by atoms with Gasteiger partial charge in [-0.3, -0.25) is 38.5 Å². The molecule has 7 unspecified atom stereocenters. The van der Waals surface area contributed by atoms with E-state index in [4.69, 9.17) is 9.47 Å². The second kappa shape index (κ2) is 26.2. The lowest BCUT2D eigenvalue weighted by atomic mass is 9.89. The van der Waals surface area contributed by atoms with Crippen LogP contribution in [0.15, 0.2) is 42.5 Å². The van der Waals surface area contributed by atoms with Gasteiger partial charge in [-0.1, -0.05) is 91.6 Å². The van der Waals surface area contributed by atoms with Crippen molar-refractivity contribution in [3.05, 3.63) is 48.0 Å². The molecule has 17 nitrogen and oxygen atoms in total. The van der Waals surface area contributed by atoms with Gasteiger partial charge in [-0.05, 0) is 49.0 Å². The van der Waals surface area contributed by atoms with Gasteiger partial charge in [0.2, 0.25) is 29.5 Å². The Kier molecular flexibility index (Phi) is 21.9. The number of benzene rings is 1. The highest BCUT2D eigenvalue weighted by Gasteiger charge is 2.44. The van der Waals surface area contributed by atoms with Crippen LogP contribution in [-0.4, -0.2) is 156 Å². The number of carbonyl (C=O) groups is 8. The predicted molar refractivity (Wildman–Crippen MR) is 248 cm³/mol. The molecule has 17 heteroatoms. The van der Waals surface area contributed by atoms with Gasteiger partial charge >= 0.3 is 5.97 Å². The third-order valence-corrected chi connectivity index (χ3v) is 13.3. The topological polar surface area (TPSA) is 212 Å². The van der Waals surface area contributed by atoms with Crippen molar-refractivity contribution < 1.29 is 52.9 Å². The van der Waals surface area contributed by atoms with Crippen molar-refractivity contribution in [2.24, 2.45) is 23.7 Å².